The number of benzene rings is 2. The molecule has 0 aliphatic carbocycles. The normalized spacial score (nSPS) is 11.6. The van der Waals surface area contributed by atoms with Gasteiger partial charge >= 0.3 is 0 Å². The number of nitrogens with two attached hydrogens (primary N) is 1. The molecule has 2 rings (SSSR count). The van der Waals surface area contributed by atoms with E-state index in [1.807, 2.05) is 0 Å². The van der Waals surface area contributed by atoms with Crippen LogP contribution in [0.5, 0.6) is 5.75 Å². The number of nitrogens with zero attached hydrogens (tertiary/aromatic N) is 1. The number of hydrogen-bond acceptors (Lipinski definition) is 6. The number of hydroxylamine groups is 1. The minimum Gasteiger partial charge on any atom is -0.489 e. The Morgan fingerprint density at radius 1 is 1.17 bits per heavy atom. The maximum atomic E-state index is 11.2. The van der Waals surface area contributed by atoms with Gasteiger partial charge in [-0.2, -0.15) is 0 Å². The van der Waals surface area contributed by atoms with Crippen LogP contribution in [0.1, 0.15) is 11.1 Å². The van der Waals surface area contributed by atoms with Crippen molar-refractivity contribution in [3.05, 3.63) is 69.8 Å². The first kappa shape index (κ1) is 17.4. The summed E-state index contributed by atoms with van der Waals surface area (Å²) in [5.74, 6) is -0.0224. The van der Waals surface area contributed by atoms with Crippen LogP contribution in [0.3, 0.4) is 0 Å². The van der Waals surface area contributed by atoms with Crippen LogP contribution in [0.2, 0.25) is 0 Å². The molecule has 126 valence electrons. The zero-order chi connectivity index (χ0) is 17.5. The van der Waals surface area contributed by atoms with Crippen LogP contribution in [-0.4, -0.2) is 22.1 Å². The Morgan fingerprint density at radius 3 is 2.29 bits per heavy atom. The molecule has 4 N–H and O–H groups in total. The van der Waals surface area contributed by atoms with Gasteiger partial charge in [-0.05, 0) is 41.8 Å². The number of amides is 1. The summed E-state index contributed by atoms with van der Waals surface area (Å²) >= 11 is 0. The van der Waals surface area contributed by atoms with Crippen molar-refractivity contribution in [2.45, 2.75) is 19.1 Å². The van der Waals surface area contributed by atoms with Crippen molar-refractivity contribution in [1.82, 2.24) is 5.48 Å². The lowest BCUT2D eigenvalue weighted by Crippen LogP contribution is -2.40. The smallest absolute Gasteiger partial charge is 0.269 e. The zero-order valence-corrected chi connectivity index (χ0v) is 12.7. The van der Waals surface area contributed by atoms with Gasteiger partial charge in [-0.25, -0.2) is 5.48 Å². The third-order valence-electron chi connectivity index (χ3n) is 3.38. The van der Waals surface area contributed by atoms with E-state index in [2.05, 4.69) is 0 Å². The second-order valence-corrected chi connectivity index (χ2v) is 5.14. The van der Waals surface area contributed by atoms with Crippen LogP contribution < -0.4 is 16.0 Å². The lowest BCUT2D eigenvalue weighted by Gasteiger charge is -2.10. The van der Waals surface area contributed by atoms with Crippen LogP contribution in [0, 0.1) is 10.1 Å². The molecular formula is C16H17N3O5. The van der Waals surface area contributed by atoms with Gasteiger partial charge in [-0.1, -0.05) is 12.1 Å². The summed E-state index contributed by atoms with van der Waals surface area (Å²) in [6.45, 7) is 0.282. The molecular weight excluding hydrogens is 314 g/mol. The van der Waals surface area contributed by atoms with Crippen LogP contribution in [0.15, 0.2) is 48.5 Å². The van der Waals surface area contributed by atoms with E-state index in [-0.39, 0.29) is 18.7 Å². The topological polar surface area (TPSA) is 128 Å². The molecule has 8 heteroatoms. The first-order valence-electron chi connectivity index (χ1n) is 7.14. The molecule has 0 saturated heterocycles. The molecule has 8 nitrogen and oxygen atoms in total. The predicted molar refractivity (Wildman–Crippen MR) is 85.5 cm³/mol. The van der Waals surface area contributed by atoms with Crippen molar-refractivity contribution in [3.63, 3.8) is 0 Å². The van der Waals surface area contributed by atoms with E-state index in [0.717, 1.165) is 11.1 Å². The summed E-state index contributed by atoms with van der Waals surface area (Å²) in [5, 5.41) is 19.1. The van der Waals surface area contributed by atoms with E-state index >= 15 is 0 Å². The predicted octanol–water partition coefficient (Wildman–Crippen LogP) is 1.55. The summed E-state index contributed by atoms with van der Waals surface area (Å²) in [7, 11) is 0. The number of nitro benzene ring substituents is 1. The van der Waals surface area contributed by atoms with Gasteiger partial charge in [0.05, 0.1) is 11.0 Å². The minimum absolute atomic E-state index is 0.0337. The summed E-state index contributed by atoms with van der Waals surface area (Å²) in [6, 6.07) is 12.3. The highest BCUT2D eigenvalue weighted by molar-refractivity contribution is 5.80. The van der Waals surface area contributed by atoms with Gasteiger partial charge in [-0.3, -0.25) is 20.1 Å². The lowest BCUT2D eigenvalue weighted by molar-refractivity contribution is -0.384. The number of nitrogens with one attached hydrogen (secondary N) is 1. The van der Waals surface area contributed by atoms with Gasteiger partial charge in [0.25, 0.3) is 11.6 Å². The maximum Gasteiger partial charge on any atom is 0.269 e. The van der Waals surface area contributed by atoms with Gasteiger partial charge in [-0.15, -0.1) is 0 Å². The van der Waals surface area contributed by atoms with Gasteiger partial charge in [0.1, 0.15) is 12.4 Å². The lowest BCUT2D eigenvalue weighted by atomic mass is 10.1. The molecule has 0 saturated carbocycles. The maximum absolute atomic E-state index is 11.2. The molecule has 0 aliphatic rings. The molecule has 0 fully saturated rings. The SMILES string of the molecule is NC(Cc1ccc(OCc2ccc([N+](=O)[O-])cc2)cc1)C(=O)NO. The summed E-state index contributed by atoms with van der Waals surface area (Å²) in [5.41, 5.74) is 8.80. The fourth-order valence-corrected chi connectivity index (χ4v) is 2.03. The molecule has 0 spiro atoms. The standard InChI is InChI=1S/C16H17N3O5/c17-15(16(20)18-21)9-11-3-7-14(8-4-11)24-10-12-1-5-13(6-2-12)19(22)23/h1-8,15,21H,9-10,17H2,(H,18,20). The third kappa shape index (κ3) is 4.77. The van der Waals surface area contributed by atoms with E-state index in [1.54, 1.807) is 36.4 Å². The summed E-state index contributed by atoms with van der Waals surface area (Å²) in [4.78, 5) is 21.3. The highest BCUT2D eigenvalue weighted by atomic mass is 16.6. The summed E-state index contributed by atoms with van der Waals surface area (Å²) in [6.07, 6.45) is 0.287. The van der Waals surface area contributed by atoms with Crippen molar-refractivity contribution in [2.24, 2.45) is 5.73 Å². The molecule has 1 atom stereocenters. The number of rotatable bonds is 7. The van der Waals surface area contributed by atoms with Gasteiger partial charge in [0.2, 0.25) is 0 Å². The van der Waals surface area contributed by atoms with Crippen molar-refractivity contribution >= 4 is 11.6 Å². The molecule has 0 aliphatic heterocycles. The molecule has 1 unspecified atom stereocenters. The van der Waals surface area contributed by atoms with Gasteiger partial charge in [0, 0.05) is 12.1 Å². The Balaban J connectivity index is 1.89. The Labute approximate surface area is 138 Å². The first-order chi connectivity index (χ1) is 11.5. The Kier molecular flexibility index (Phi) is 5.83. The van der Waals surface area contributed by atoms with Crippen molar-refractivity contribution in [3.8, 4) is 5.75 Å². The Bertz CT molecular complexity index is 701. The van der Waals surface area contributed by atoms with Crippen LogP contribution in [-0.2, 0) is 17.8 Å². The molecule has 24 heavy (non-hydrogen) atoms. The fraction of sp³-hybridized carbons (Fsp3) is 0.188. The van der Waals surface area contributed by atoms with E-state index in [4.69, 9.17) is 15.7 Å². The second-order valence-electron chi connectivity index (χ2n) is 5.14. The third-order valence-corrected chi connectivity index (χ3v) is 3.38. The number of carbonyl (C=O) groups excluding carboxylic acids is 1. The average Bonchev–Trinajstić information content (AvgIpc) is 2.60. The first-order valence-corrected chi connectivity index (χ1v) is 7.14. The van der Waals surface area contributed by atoms with Crippen molar-refractivity contribution < 1.29 is 19.7 Å². The number of nitro groups is 1. The monoisotopic (exact) mass is 331 g/mol. The van der Waals surface area contributed by atoms with Gasteiger partial charge < -0.3 is 10.5 Å². The molecule has 0 bridgehead atoms. The molecule has 0 radical (unpaired) electrons. The number of ether oxygens (including phenoxy) is 1. The van der Waals surface area contributed by atoms with Crippen LogP contribution in [0.25, 0.3) is 0 Å². The highest BCUT2D eigenvalue weighted by Gasteiger charge is 2.13. The Morgan fingerprint density at radius 2 is 1.75 bits per heavy atom. The largest absolute Gasteiger partial charge is 0.489 e. The summed E-state index contributed by atoms with van der Waals surface area (Å²) < 4.78 is 5.60. The molecule has 0 heterocycles. The number of non-ortho nitro benzene ring substituents is 1. The molecule has 2 aromatic rings. The highest BCUT2D eigenvalue weighted by Crippen LogP contribution is 2.17. The second kappa shape index (κ2) is 8.04. The molecule has 1 amide bonds. The van der Waals surface area contributed by atoms with E-state index < -0.39 is 16.9 Å². The quantitative estimate of drug-likeness (QED) is 0.401. The van der Waals surface area contributed by atoms with Crippen molar-refractivity contribution in [1.29, 1.82) is 0 Å². The fourth-order valence-electron chi connectivity index (χ4n) is 2.03. The van der Waals surface area contributed by atoms with E-state index in [1.165, 1.54) is 17.6 Å². The van der Waals surface area contributed by atoms with E-state index in [9.17, 15) is 14.9 Å². The van der Waals surface area contributed by atoms with Crippen molar-refractivity contribution in [2.75, 3.05) is 0 Å². The average molecular weight is 331 g/mol. The number of carbonyl (C=O) groups is 1. The van der Waals surface area contributed by atoms with E-state index in [0.29, 0.717) is 5.75 Å². The minimum atomic E-state index is -0.832. The Hall–Kier alpha value is -2.97. The zero-order valence-electron chi connectivity index (χ0n) is 12.7. The molecule has 0 aromatic heterocycles. The van der Waals surface area contributed by atoms with Gasteiger partial charge in [0.15, 0.2) is 0 Å². The number of hydrogen-bond donors (Lipinski definition) is 3. The molecule has 2 aromatic carbocycles. The van der Waals surface area contributed by atoms with Crippen LogP contribution in [0.4, 0.5) is 5.69 Å². The van der Waals surface area contributed by atoms with Crippen LogP contribution >= 0.6 is 0 Å².